The van der Waals surface area contributed by atoms with Crippen LogP contribution in [0.5, 0.6) is 0 Å². The van der Waals surface area contributed by atoms with Crippen molar-refractivity contribution in [3.05, 3.63) is 35.9 Å². The number of carbonyl (C=O) groups is 3. The molecule has 0 saturated heterocycles. The molecule has 1 aromatic rings. The minimum Gasteiger partial charge on any atom is -0.463 e. The molecule has 1 rings (SSSR count). The maximum atomic E-state index is 11.5. The van der Waals surface area contributed by atoms with Gasteiger partial charge in [-0.1, -0.05) is 30.3 Å². The molecular formula is C17H22O8. The molecule has 0 aromatic heterocycles. The molecule has 0 heterocycles. The molecule has 2 N–H and O–H groups in total. The standard InChI is InChI=1S/C17H22O8/c1-11(19)23-10-15(22)16(17(14(21)8-18)25-12(2)20)24-9-13-6-4-3-5-7-13/h3-8,14-17,21-22H,9-10H2,1-2H3/t14-,15+,16+,17+/m0/s1/i1D,2D. The Balaban J connectivity index is 2.97. The molecule has 0 aliphatic rings. The minimum absolute atomic E-state index is 0.0601. The highest BCUT2D eigenvalue weighted by atomic mass is 16.6. The fourth-order valence-corrected chi connectivity index (χ4v) is 2.03. The lowest BCUT2D eigenvalue weighted by atomic mass is 10.0. The van der Waals surface area contributed by atoms with E-state index in [2.05, 4.69) is 4.74 Å². The minimum atomic E-state index is -1.83. The van der Waals surface area contributed by atoms with Crippen molar-refractivity contribution in [3.8, 4) is 0 Å². The Kier molecular flexibility index (Phi) is 7.40. The molecule has 0 radical (unpaired) electrons. The third-order valence-corrected chi connectivity index (χ3v) is 3.15. The first-order chi connectivity index (χ1) is 12.9. The number of aldehydes is 1. The molecule has 0 bridgehead atoms. The fourth-order valence-electron chi connectivity index (χ4n) is 2.03. The first-order valence-corrected chi connectivity index (χ1v) is 7.33. The summed E-state index contributed by atoms with van der Waals surface area (Å²) in [7, 11) is 0. The zero-order valence-electron chi connectivity index (χ0n) is 15.4. The number of aliphatic hydroxyl groups is 2. The second-order valence-corrected chi connectivity index (χ2v) is 5.09. The number of carbonyl (C=O) groups excluding carboxylic acids is 3. The van der Waals surface area contributed by atoms with Crippen molar-refractivity contribution in [1.29, 1.82) is 0 Å². The van der Waals surface area contributed by atoms with Crippen molar-refractivity contribution >= 4 is 18.2 Å². The van der Waals surface area contributed by atoms with Gasteiger partial charge in [-0.2, -0.15) is 0 Å². The molecule has 0 fully saturated rings. The summed E-state index contributed by atoms with van der Waals surface area (Å²) in [6, 6.07) is 8.73. The molecule has 0 saturated carbocycles. The average Bonchev–Trinajstić information content (AvgIpc) is 2.70. The maximum absolute atomic E-state index is 11.5. The lowest BCUT2D eigenvalue weighted by Gasteiger charge is -2.31. The first kappa shape index (κ1) is 17.5. The van der Waals surface area contributed by atoms with Gasteiger partial charge in [0.15, 0.2) is 12.4 Å². The van der Waals surface area contributed by atoms with Crippen LogP contribution in [0, 0.1) is 0 Å². The first-order valence-electron chi connectivity index (χ1n) is 8.74. The van der Waals surface area contributed by atoms with E-state index in [0.717, 1.165) is 0 Å². The van der Waals surface area contributed by atoms with Crippen LogP contribution in [0.2, 0.25) is 0 Å². The largest absolute Gasteiger partial charge is 0.463 e. The number of rotatable bonds is 10. The van der Waals surface area contributed by atoms with Crippen molar-refractivity contribution in [2.75, 3.05) is 6.61 Å². The molecule has 25 heavy (non-hydrogen) atoms. The van der Waals surface area contributed by atoms with Gasteiger partial charge in [-0.15, -0.1) is 0 Å². The number of aliphatic hydroxyl groups excluding tert-OH is 2. The van der Waals surface area contributed by atoms with E-state index in [-0.39, 0.29) is 12.9 Å². The van der Waals surface area contributed by atoms with Crippen molar-refractivity contribution in [3.63, 3.8) is 0 Å². The van der Waals surface area contributed by atoms with Crippen LogP contribution in [0.25, 0.3) is 0 Å². The van der Waals surface area contributed by atoms with Crippen molar-refractivity contribution in [1.82, 2.24) is 0 Å². The second-order valence-electron chi connectivity index (χ2n) is 5.09. The smallest absolute Gasteiger partial charge is 0.303 e. The summed E-state index contributed by atoms with van der Waals surface area (Å²) in [5.41, 5.74) is 0.698. The SMILES string of the molecule is [2H]CC(=O)OC[C@@H](O)[C@@H](OCc1ccccc1)[C@H](OC(=O)C[2H])[C@@H](O)C=O. The zero-order chi connectivity index (χ0) is 20.2. The molecule has 138 valence electrons. The lowest BCUT2D eigenvalue weighted by molar-refractivity contribution is -0.185. The van der Waals surface area contributed by atoms with Crippen molar-refractivity contribution in [2.45, 2.75) is 44.8 Å². The quantitative estimate of drug-likeness (QED) is 0.444. The van der Waals surface area contributed by atoms with E-state index in [4.69, 9.17) is 12.2 Å². The lowest BCUT2D eigenvalue weighted by Crippen LogP contribution is -2.50. The van der Waals surface area contributed by atoms with Gasteiger partial charge >= 0.3 is 11.9 Å². The van der Waals surface area contributed by atoms with Gasteiger partial charge in [-0.05, 0) is 5.56 Å². The van der Waals surface area contributed by atoms with Crippen LogP contribution in [0.1, 0.15) is 22.1 Å². The number of hydrogen-bond acceptors (Lipinski definition) is 8. The van der Waals surface area contributed by atoms with Crippen LogP contribution in [0.3, 0.4) is 0 Å². The van der Waals surface area contributed by atoms with Crippen LogP contribution >= 0.6 is 0 Å². The predicted octanol–water partition coefficient (Wildman–Crippen LogP) is -0.0127. The Morgan fingerprint density at radius 3 is 2.44 bits per heavy atom. The molecule has 4 atom stereocenters. The third-order valence-electron chi connectivity index (χ3n) is 3.15. The highest BCUT2D eigenvalue weighted by molar-refractivity contribution is 5.67. The molecule has 1 aromatic carbocycles. The van der Waals surface area contributed by atoms with E-state index in [1.165, 1.54) is 0 Å². The monoisotopic (exact) mass is 356 g/mol. The average molecular weight is 356 g/mol. The highest BCUT2D eigenvalue weighted by Crippen LogP contribution is 2.16. The number of ether oxygens (including phenoxy) is 3. The van der Waals surface area contributed by atoms with Crippen LogP contribution in [-0.4, -0.2) is 59.5 Å². The van der Waals surface area contributed by atoms with E-state index in [1.54, 1.807) is 30.3 Å². The van der Waals surface area contributed by atoms with E-state index in [9.17, 15) is 24.6 Å². The van der Waals surface area contributed by atoms with Gasteiger partial charge in [0.25, 0.3) is 0 Å². The Hall–Kier alpha value is -2.29. The maximum Gasteiger partial charge on any atom is 0.303 e. The Labute approximate surface area is 148 Å². The zero-order valence-corrected chi connectivity index (χ0v) is 13.4. The molecular weight excluding hydrogens is 332 g/mol. The summed E-state index contributed by atoms with van der Waals surface area (Å²) in [5, 5.41) is 20.2. The third kappa shape index (κ3) is 7.42. The predicted molar refractivity (Wildman–Crippen MR) is 85.3 cm³/mol. The van der Waals surface area contributed by atoms with E-state index >= 15 is 0 Å². The Morgan fingerprint density at radius 1 is 1.16 bits per heavy atom. The van der Waals surface area contributed by atoms with Gasteiger partial charge in [0.2, 0.25) is 0 Å². The van der Waals surface area contributed by atoms with Gasteiger partial charge in [0.1, 0.15) is 24.9 Å². The summed E-state index contributed by atoms with van der Waals surface area (Å²) < 4.78 is 29.0. The van der Waals surface area contributed by atoms with Gasteiger partial charge in [0, 0.05) is 16.5 Å². The van der Waals surface area contributed by atoms with Crippen LogP contribution < -0.4 is 0 Å². The van der Waals surface area contributed by atoms with Gasteiger partial charge in [-0.25, -0.2) is 0 Å². The summed E-state index contributed by atoms with van der Waals surface area (Å²) in [6.07, 6.45) is -6.35. The van der Waals surface area contributed by atoms with E-state index < -0.39 is 56.8 Å². The summed E-state index contributed by atoms with van der Waals surface area (Å²) in [5.74, 6) is -1.93. The molecule has 0 aliphatic carbocycles. The molecule has 8 heteroatoms. The van der Waals surface area contributed by atoms with E-state index in [1.807, 2.05) is 0 Å². The fraction of sp³-hybridized carbons (Fsp3) is 0.471. The normalized spacial score (nSPS) is 16.6. The summed E-state index contributed by atoms with van der Waals surface area (Å²) in [4.78, 5) is 33.6. The van der Waals surface area contributed by atoms with Gasteiger partial charge < -0.3 is 29.2 Å². The van der Waals surface area contributed by atoms with Crippen LogP contribution in [0.4, 0.5) is 0 Å². The van der Waals surface area contributed by atoms with E-state index in [0.29, 0.717) is 5.56 Å². The topological polar surface area (TPSA) is 119 Å². The summed E-state index contributed by atoms with van der Waals surface area (Å²) >= 11 is 0. The molecule has 0 unspecified atom stereocenters. The Morgan fingerprint density at radius 2 is 1.84 bits per heavy atom. The van der Waals surface area contributed by atoms with Crippen molar-refractivity contribution < 1.29 is 41.5 Å². The van der Waals surface area contributed by atoms with Crippen LogP contribution in [-0.2, 0) is 35.2 Å². The molecule has 8 nitrogen and oxygen atoms in total. The molecule has 0 aliphatic heterocycles. The van der Waals surface area contributed by atoms with Gasteiger partial charge in [0.05, 0.1) is 6.61 Å². The number of benzene rings is 1. The van der Waals surface area contributed by atoms with Crippen LogP contribution in [0.15, 0.2) is 30.3 Å². The number of esters is 2. The molecule has 0 spiro atoms. The van der Waals surface area contributed by atoms with Crippen molar-refractivity contribution in [2.24, 2.45) is 0 Å². The van der Waals surface area contributed by atoms with Gasteiger partial charge in [-0.3, -0.25) is 9.59 Å². The summed E-state index contributed by atoms with van der Waals surface area (Å²) in [6.45, 7) is -2.08. The second kappa shape index (κ2) is 10.5. The Bertz CT molecular complexity index is 598. The highest BCUT2D eigenvalue weighted by Gasteiger charge is 2.37. The molecule has 0 amide bonds. The number of hydrogen-bond donors (Lipinski definition) is 2.